The number of carboxylic acids is 1. The minimum atomic E-state index is -1.65. The van der Waals surface area contributed by atoms with Crippen LogP contribution in [0.5, 0.6) is 0 Å². The number of rotatable bonds is 7. The van der Waals surface area contributed by atoms with Crippen molar-refractivity contribution in [3.8, 4) is 0 Å². The zero-order valence-electron chi connectivity index (χ0n) is 9.86. The van der Waals surface area contributed by atoms with Gasteiger partial charge in [0.2, 0.25) is 5.91 Å². The van der Waals surface area contributed by atoms with Crippen LogP contribution >= 0.6 is 0 Å². The van der Waals surface area contributed by atoms with E-state index in [1.54, 1.807) is 0 Å². The Morgan fingerprint density at radius 1 is 1.31 bits per heavy atom. The third-order valence-electron chi connectivity index (χ3n) is 2.05. The highest BCUT2D eigenvalue weighted by molar-refractivity contribution is 7.87. The minimum Gasteiger partial charge on any atom is -0.481 e. The van der Waals surface area contributed by atoms with E-state index in [1.165, 1.54) is 6.92 Å². The van der Waals surface area contributed by atoms with Crippen LogP contribution in [0.25, 0.3) is 0 Å². The molecule has 1 amide bonds. The Labute approximate surface area is 98.1 Å². The number of nitrogens with one attached hydrogen (secondary N) is 1. The molecule has 0 fully saturated rings. The number of carbonyl (C=O) groups is 2. The van der Waals surface area contributed by atoms with Gasteiger partial charge in [0.15, 0.2) is 0 Å². The number of amides is 1. The smallest absolute Gasteiger partial charge is 0.316 e. The number of hydrogen-bond donors (Lipinski definition) is 2. The van der Waals surface area contributed by atoms with Gasteiger partial charge in [0, 0.05) is 17.3 Å². The summed E-state index contributed by atoms with van der Waals surface area (Å²) < 4.78 is 11.4. The molecule has 5 nitrogen and oxygen atoms in total. The van der Waals surface area contributed by atoms with Crippen LogP contribution in [0.15, 0.2) is 0 Å². The number of hydrogen-bond acceptors (Lipinski definition) is 3. The van der Waals surface area contributed by atoms with Gasteiger partial charge in [-0.25, -0.2) is 0 Å². The van der Waals surface area contributed by atoms with Gasteiger partial charge < -0.3 is 10.4 Å². The van der Waals surface area contributed by atoms with Crippen LogP contribution in [0.2, 0.25) is 0 Å². The molecular weight excluding hydrogens is 230 g/mol. The monoisotopic (exact) mass is 249 g/mol. The van der Waals surface area contributed by atoms with Gasteiger partial charge in [-0.3, -0.25) is 13.8 Å². The predicted molar refractivity (Wildman–Crippen MR) is 62.6 cm³/mol. The first kappa shape index (κ1) is 15.1. The van der Waals surface area contributed by atoms with Crippen molar-refractivity contribution in [1.82, 2.24) is 5.32 Å². The summed E-state index contributed by atoms with van der Waals surface area (Å²) in [6, 6.07) is 0. The summed E-state index contributed by atoms with van der Waals surface area (Å²) in [5, 5.41) is 10.3. The Bertz CT molecular complexity index is 278. The number of aliphatic carboxylic acids is 1. The average molecular weight is 249 g/mol. The van der Waals surface area contributed by atoms with E-state index in [9.17, 15) is 13.8 Å². The van der Waals surface area contributed by atoms with Gasteiger partial charge in [0.1, 0.15) is 11.0 Å². The van der Waals surface area contributed by atoms with Gasteiger partial charge in [0.25, 0.3) is 0 Å². The maximum atomic E-state index is 11.5. The van der Waals surface area contributed by atoms with E-state index in [0.29, 0.717) is 12.5 Å². The molecule has 94 valence electrons. The van der Waals surface area contributed by atoms with Gasteiger partial charge in [0.05, 0.1) is 0 Å². The summed E-state index contributed by atoms with van der Waals surface area (Å²) in [7, 11) is -1.65. The van der Waals surface area contributed by atoms with Crippen LogP contribution in [0.4, 0.5) is 0 Å². The lowest BCUT2D eigenvalue weighted by molar-refractivity contribution is -0.133. The fraction of sp³-hybridized carbons (Fsp3) is 0.800. The fourth-order valence-electron chi connectivity index (χ4n) is 0.994. The summed E-state index contributed by atoms with van der Waals surface area (Å²) in [6.07, 6.45) is 0.851. The lowest BCUT2D eigenvalue weighted by Crippen LogP contribution is -2.37. The summed E-state index contributed by atoms with van der Waals surface area (Å²) in [4.78, 5) is 21.8. The van der Waals surface area contributed by atoms with E-state index >= 15 is 0 Å². The highest BCUT2D eigenvalue weighted by atomic mass is 32.2. The Morgan fingerprint density at radius 2 is 1.88 bits per heavy atom. The van der Waals surface area contributed by atoms with Crippen LogP contribution in [0.3, 0.4) is 0 Å². The minimum absolute atomic E-state index is 0.347. The molecule has 0 heterocycles. The summed E-state index contributed by atoms with van der Waals surface area (Å²) in [6.45, 7) is 6.09. The highest BCUT2D eigenvalue weighted by Gasteiger charge is 2.21. The number of carbonyl (C=O) groups excluding carboxylic acids is 1. The molecule has 0 aromatic carbocycles. The summed E-state index contributed by atoms with van der Waals surface area (Å²) in [5.74, 6) is -1.50. The first-order valence-corrected chi connectivity index (χ1v) is 6.59. The largest absolute Gasteiger partial charge is 0.481 e. The van der Waals surface area contributed by atoms with E-state index in [0.717, 1.165) is 6.42 Å². The third-order valence-corrected chi connectivity index (χ3v) is 3.58. The van der Waals surface area contributed by atoms with Crippen molar-refractivity contribution >= 4 is 22.7 Å². The molecule has 0 saturated heterocycles. The topological polar surface area (TPSA) is 83.5 Å². The van der Waals surface area contributed by atoms with E-state index in [-0.39, 0.29) is 5.91 Å². The molecule has 0 aliphatic rings. The molecular formula is C10H19NO4S. The van der Waals surface area contributed by atoms with E-state index in [2.05, 4.69) is 5.32 Å². The van der Waals surface area contributed by atoms with Crippen molar-refractivity contribution in [3.05, 3.63) is 0 Å². The maximum Gasteiger partial charge on any atom is 0.316 e. The zero-order valence-corrected chi connectivity index (χ0v) is 10.7. The van der Waals surface area contributed by atoms with Crippen LogP contribution in [-0.2, 0) is 20.4 Å². The third kappa shape index (κ3) is 6.55. The summed E-state index contributed by atoms with van der Waals surface area (Å²) >= 11 is 0. The molecule has 0 radical (unpaired) electrons. The second-order valence-corrected chi connectivity index (χ2v) is 5.79. The van der Waals surface area contributed by atoms with Gasteiger partial charge in [-0.05, 0) is 19.3 Å². The quantitative estimate of drug-likeness (QED) is 0.683. The molecule has 2 atom stereocenters. The van der Waals surface area contributed by atoms with Crippen LogP contribution in [0.1, 0.15) is 27.2 Å². The maximum absolute atomic E-state index is 11.5. The molecule has 0 aliphatic carbocycles. The molecule has 0 saturated carbocycles. The van der Waals surface area contributed by atoms with Crippen LogP contribution < -0.4 is 5.32 Å². The van der Waals surface area contributed by atoms with Gasteiger partial charge in [-0.2, -0.15) is 0 Å². The Hall–Kier alpha value is -0.910. The lowest BCUT2D eigenvalue weighted by atomic mass is 10.1. The highest BCUT2D eigenvalue weighted by Crippen LogP contribution is 1.99. The molecule has 0 aromatic heterocycles. The standard InChI is InChI=1S/C10H19NO4S/c1-7(2)4-5-11-10(14)8(3)16(15)6-9(12)13/h7-8H,4-6H2,1-3H3,(H,11,14)(H,12,13). The van der Waals surface area contributed by atoms with Gasteiger partial charge >= 0.3 is 5.97 Å². The molecule has 0 bridgehead atoms. The van der Waals surface area contributed by atoms with E-state index in [4.69, 9.17) is 5.11 Å². The van der Waals surface area contributed by atoms with E-state index in [1.807, 2.05) is 13.8 Å². The second-order valence-electron chi connectivity index (χ2n) is 4.03. The predicted octanol–water partition coefficient (Wildman–Crippen LogP) is 0.370. The summed E-state index contributed by atoms with van der Waals surface area (Å²) in [5.41, 5.74) is 0. The average Bonchev–Trinajstić information content (AvgIpc) is 2.14. The molecule has 6 heteroatoms. The van der Waals surface area contributed by atoms with Crippen molar-refractivity contribution < 1.29 is 18.9 Å². The van der Waals surface area contributed by atoms with Crippen LogP contribution in [0, 0.1) is 5.92 Å². The number of carboxylic acid groups (broad SMARTS) is 1. The lowest BCUT2D eigenvalue weighted by Gasteiger charge is -2.11. The first-order valence-electron chi connectivity index (χ1n) is 5.21. The Balaban J connectivity index is 3.98. The van der Waals surface area contributed by atoms with Crippen molar-refractivity contribution in [3.63, 3.8) is 0 Å². The molecule has 16 heavy (non-hydrogen) atoms. The Kier molecular flexibility index (Phi) is 6.96. The first-order chi connectivity index (χ1) is 7.34. The van der Waals surface area contributed by atoms with Crippen molar-refractivity contribution in [2.45, 2.75) is 32.4 Å². The normalized spacial score (nSPS) is 14.5. The molecule has 0 spiro atoms. The SMILES string of the molecule is CC(C)CCNC(=O)C(C)S(=O)CC(=O)O. The zero-order chi connectivity index (χ0) is 12.7. The van der Waals surface area contributed by atoms with Crippen molar-refractivity contribution in [2.24, 2.45) is 5.92 Å². The van der Waals surface area contributed by atoms with Crippen molar-refractivity contribution in [2.75, 3.05) is 12.3 Å². The molecule has 0 rings (SSSR count). The molecule has 0 aliphatic heterocycles. The van der Waals surface area contributed by atoms with E-state index < -0.39 is 27.8 Å². The molecule has 0 aromatic rings. The fourth-order valence-corrected chi connectivity index (χ4v) is 1.81. The van der Waals surface area contributed by atoms with Gasteiger partial charge in [-0.1, -0.05) is 13.8 Å². The second kappa shape index (κ2) is 7.38. The molecule has 2 unspecified atom stereocenters. The van der Waals surface area contributed by atoms with Gasteiger partial charge in [-0.15, -0.1) is 0 Å². The molecule has 2 N–H and O–H groups in total. The van der Waals surface area contributed by atoms with Crippen molar-refractivity contribution in [1.29, 1.82) is 0 Å². The Morgan fingerprint density at radius 3 is 2.31 bits per heavy atom. The van der Waals surface area contributed by atoms with Crippen LogP contribution in [-0.4, -0.2) is 38.7 Å².